The van der Waals surface area contributed by atoms with E-state index in [-0.39, 0.29) is 21.9 Å². The number of nitriles is 1. The van der Waals surface area contributed by atoms with E-state index in [0.717, 1.165) is 18.2 Å². The van der Waals surface area contributed by atoms with E-state index in [4.69, 9.17) is 16.9 Å². The van der Waals surface area contributed by atoms with Crippen LogP contribution in [-0.2, 0) is 0 Å². The first kappa shape index (κ1) is 15.7. The number of aromatic hydroxyl groups is 1. The standard InChI is InChI=1S/C16H8ClF2NO2/c17-12-6-9(1-4-15(12)21)5-11(8-20)16(22)10-2-3-13(18)14(19)7-10/h1-7,21H. The van der Waals surface area contributed by atoms with Crippen molar-refractivity contribution in [2.24, 2.45) is 0 Å². The van der Waals surface area contributed by atoms with Gasteiger partial charge in [-0.1, -0.05) is 17.7 Å². The number of phenols is 1. The number of halogens is 3. The van der Waals surface area contributed by atoms with Crippen molar-refractivity contribution in [1.82, 2.24) is 0 Å². The van der Waals surface area contributed by atoms with Gasteiger partial charge in [0.15, 0.2) is 11.6 Å². The highest BCUT2D eigenvalue weighted by Crippen LogP contribution is 2.25. The Morgan fingerprint density at radius 3 is 2.50 bits per heavy atom. The van der Waals surface area contributed by atoms with Gasteiger partial charge in [0.05, 0.1) is 5.02 Å². The molecule has 3 nitrogen and oxygen atoms in total. The molecule has 2 rings (SSSR count). The molecule has 2 aromatic carbocycles. The van der Waals surface area contributed by atoms with Crippen LogP contribution in [0.3, 0.4) is 0 Å². The first-order valence-corrected chi connectivity index (χ1v) is 6.40. The Hall–Kier alpha value is -2.71. The molecule has 2 aromatic rings. The Bertz CT molecular complexity index is 825. The predicted octanol–water partition coefficient (Wildman–Crippen LogP) is 4.11. The average Bonchev–Trinajstić information content (AvgIpc) is 2.50. The number of allylic oxidation sites excluding steroid dienone is 1. The molecule has 22 heavy (non-hydrogen) atoms. The Kier molecular flexibility index (Phi) is 4.54. The maximum atomic E-state index is 13.2. The predicted molar refractivity (Wildman–Crippen MR) is 77.4 cm³/mol. The first-order valence-electron chi connectivity index (χ1n) is 6.02. The van der Waals surface area contributed by atoms with E-state index in [0.29, 0.717) is 5.56 Å². The van der Waals surface area contributed by atoms with Crippen molar-refractivity contribution < 1.29 is 18.7 Å². The molecule has 0 saturated carbocycles. The molecule has 0 unspecified atom stereocenters. The lowest BCUT2D eigenvalue weighted by Gasteiger charge is -2.02. The molecule has 1 N–H and O–H groups in total. The lowest BCUT2D eigenvalue weighted by molar-refractivity contribution is 0.103. The Labute approximate surface area is 129 Å². The molecular formula is C16H8ClF2NO2. The fraction of sp³-hybridized carbons (Fsp3) is 0. The monoisotopic (exact) mass is 319 g/mol. The maximum Gasteiger partial charge on any atom is 0.203 e. The van der Waals surface area contributed by atoms with E-state index in [1.807, 2.05) is 0 Å². The highest BCUT2D eigenvalue weighted by Gasteiger charge is 2.14. The summed E-state index contributed by atoms with van der Waals surface area (Å²) in [5.74, 6) is -3.13. The quantitative estimate of drug-likeness (QED) is 0.526. The van der Waals surface area contributed by atoms with Crippen LogP contribution in [0.25, 0.3) is 6.08 Å². The van der Waals surface area contributed by atoms with Crippen molar-refractivity contribution >= 4 is 23.5 Å². The largest absolute Gasteiger partial charge is 0.506 e. The molecule has 0 fully saturated rings. The Morgan fingerprint density at radius 1 is 1.18 bits per heavy atom. The zero-order chi connectivity index (χ0) is 16.3. The minimum atomic E-state index is -1.17. The normalized spacial score (nSPS) is 11.1. The molecular weight excluding hydrogens is 312 g/mol. The summed E-state index contributed by atoms with van der Waals surface area (Å²) >= 11 is 5.74. The fourth-order valence-corrected chi connectivity index (χ4v) is 1.91. The van der Waals surface area contributed by atoms with Gasteiger partial charge in [-0.05, 0) is 42.0 Å². The highest BCUT2D eigenvalue weighted by atomic mass is 35.5. The molecule has 0 aliphatic rings. The number of carbonyl (C=O) groups is 1. The van der Waals surface area contributed by atoms with Crippen LogP contribution < -0.4 is 0 Å². The molecule has 0 aliphatic carbocycles. The maximum absolute atomic E-state index is 13.2. The summed E-state index contributed by atoms with van der Waals surface area (Å²) in [6.07, 6.45) is 1.24. The van der Waals surface area contributed by atoms with Gasteiger partial charge >= 0.3 is 0 Å². The summed E-state index contributed by atoms with van der Waals surface area (Å²) in [6.45, 7) is 0. The Morgan fingerprint density at radius 2 is 1.91 bits per heavy atom. The van der Waals surface area contributed by atoms with Gasteiger partial charge in [0.25, 0.3) is 0 Å². The van der Waals surface area contributed by atoms with Crippen LogP contribution >= 0.6 is 11.6 Å². The molecule has 6 heteroatoms. The summed E-state index contributed by atoms with van der Waals surface area (Å²) in [6, 6.07) is 8.48. The molecule has 110 valence electrons. The SMILES string of the molecule is N#CC(=Cc1ccc(O)c(Cl)c1)C(=O)c1ccc(F)c(F)c1. The smallest absolute Gasteiger partial charge is 0.203 e. The zero-order valence-corrected chi connectivity index (χ0v) is 11.7. The van der Waals surface area contributed by atoms with Crippen LogP contribution in [0.1, 0.15) is 15.9 Å². The third kappa shape index (κ3) is 3.30. The van der Waals surface area contributed by atoms with Crippen molar-refractivity contribution in [3.8, 4) is 11.8 Å². The second-order valence-corrected chi connectivity index (χ2v) is 4.75. The van der Waals surface area contributed by atoms with Crippen LogP contribution in [0, 0.1) is 23.0 Å². The van der Waals surface area contributed by atoms with Gasteiger partial charge in [0, 0.05) is 5.56 Å². The zero-order valence-electron chi connectivity index (χ0n) is 11.0. The van der Waals surface area contributed by atoms with Gasteiger partial charge in [-0.3, -0.25) is 4.79 Å². The molecule has 0 spiro atoms. The number of phenolic OH excluding ortho intramolecular Hbond substituents is 1. The van der Waals surface area contributed by atoms with Gasteiger partial charge < -0.3 is 5.11 Å². The van der Waals surface area contributed by atoms with Gasteiger partial charge in [0.2, 0.25) is 5.78 Å². The summed E-state index contributed by atoms with van der Waals surface area (Å²) in [5, 5.41) is 18.5. The van der Waals surface area contributed by atoms with E-state index in [1.54, 1.807) is 6.07 Å². The van der Waals surface area contributed by atoms with Gasteiger partial charge in [-0.25, -0.2) is 8.78 Å². The van der Waals surface area contributed by atoms with E-state index in [1.165, 1.54) is 24.3 Å². The van der Waals surface area contributed by atoms with Crippen molar-refractivity contribution in [3.63, 3.8) is 0 Å². The molecule has 0 radical (unpaired) electrons. The molecule has 0 atom stereocenters. The highest BCUT2D eigenvalue weighted by molar-refractivity contribution is 6.32. The summed E-state index contributed by atoms with van der Waals surface area (Å²) < 4.78 is 26.0. The molecule has 0 aromatic heterocycles. The lowest BCUT2D eigenvalue weighted by Crippen LogP contribution is -2.03. The van der Waals surface area contributed by atoms with Crippen LogP contribution in [0.15, 0.2) is 42.0 Å². The third-order valence-corrected chi connectivity index (χ3v) is 3.13. The topological polar surface area (TPSA) is 61.1 Å². The number of Topliss-reactive ketones (excluding diaryl/α,β-unsaturated/α-hetero) is 1. The molecule has 0 bridgehead atoms. The lowest BCUT2D eigenvalue weighted by atomic mass is 10.0. The van der Waals surface area contributed by atoms with Crippen LogP contribution in [0.5, 0.6) is 5.75 Å². The minimum absolute atomic E-state index is 0.0614. The van der Waals surface area contributed by atoms with Crippen LogP contribution in [-0.4, -0.2) is 10.9 Å². The average molecular weight is 320 g/mol. The number of rotatable bonds is 3. The number of benzene rings is 2. The van der Waals surface area contributed by atoms with Crippen LogP contribution in [0.4, 0.5) is 8.78 Å². The first-order chi connectivity index (χ1) is 10.4. The van der Waals surface area contributed by atoms with Crippen LogP contribution in [0.2, 0.25) is 5.02 Å². The van der Waals surface area contributed by atoms with Gasteiger partial charge in [-0.2, -0.15) is 5.26 Å². The van der Waals surface area contributed by atoms with E-state index in [9.17, 15) is 18.7 Å². The number of nitrogens with zero attached hydrogens (tertiary/aromatic N) is 1. The second kappa shape index (κ2) is 6.37. The number of hydrogen-bond donors (Lipinski definition) is 1. The van der Waals surface area contributed by atoms with E-state index >= 15 is 0 Å². The molecule has 0 aliphatic heterocycles. The third-order valence-electron chi connectivity index (χ3n) is 2.83. The summed E-state index contributed by atoms with van der Waals surface area (Å²) in [4.78, 5) is 12.1. The van der Waals surface area contributed by atoms with Crippen molar-refractivity contribution in [2.75, 3.05) is 0 Å². The minimum Gasteiger partial charge on any atom is -0.506 e. The van der Waals surface area contributed by atoms with Crippen molar-refractivity contribution in [3.05, 3.63) is 69.8 Å². The molecule has 0 saturated heterocycles. The molecule has 0 heterocycles. The fourth-order valence-electron chi connectivity index (χ4n) is 1.72. The summed E-state index contributed by atoms with van der Waals surface area (Å²) in [5.41, 5.74) is -0.000349. The van der Waals surface area contributed by atoms with E-state index < -0.39 is 17.4 Å². The van der Waals surface area contributed by atoms with Crippen molar-refractivity contribution in [2.45, 2.75) is 0 Å². The van der Waals surface area contributed by atoms with Crippen molar-refractivity contribution in [1.29, 1.82) is 5.26 Å². The van der Waals surface area contributed by atoms with Gasteiger partial charge in [0.1, 0.15) is 17.4 Å². The number of carbonyl (C=O) groups excluding carboxylic acids is 1. The Balaban J connectivity index is 2.40. The summed E-state index contributed by atoms with van der Waals surface area (Å²) in [7, 11) is 0. The molecule has 0 amide bonds. The second-order valence-electron chi connectivity index (χ2n) is 4.34. The number of hydrogen-bond acceptors (Lipinski definition) is 3. The number of ketones is 1. The van der Waals surface area contributed by atoms with Gasteiger partial charge in [-0.15, -0.1) is 0 Å². The van der Waals surface area contributed by atoms with E-state index in [2.05, 4.69) is 0 Å².